The maximum Gasteiger partial charge on any atom is 0.193 e. The van der Waals surface area contributed by atoms with Gasteiger partial charge in [0.15, 0.2) is 5.96 Å². The Morgan fingerprint density at radius 2 is 1.86 bits per heavy atom. The topological polar surface area (TPSA) is 40.1 Å². The van der Waals surface area contributed by atoms with Crippen LogP contribution in [0.15, 0.2) is 59.6 Å². The smallest absolute Gasteiger partial charge is 0.193 e. The molecule has 0 amide bonds. The van der Waals surface area contributed by atoms with E-state index in [0.29, 0.717) is 12.0 Å². The molecule has 29 heavy (non-hydrogen) atoms. The highest BCUT2D eigenvalue weighted by atomic mass is 127. The first-order valence-corrected chi connectivity index (χ1v) is 9.93. The van der Waals surface area contributed by atoms with Crippen LogP contribution in [-0.4, -0.2) is 63.6 Å². The van der Waals surface area contributed by atoms with Gasteiger partial charge >= 0.3 is 0 Å². The second kappa shape index (κ2) is 11.4. The molecule has 0 spiro atoms. The third kappa shape index (κ3) is 6.09. The molecule has 1 N–H and O–H groups in total. The van der Waals surface area contributed by atoms with E-state index in [0.717, 1.165) is 37.8 Å². The average molecular weight is 508 g/mol. The molecule has 1 saturated heterocycles. The van der Waals surface area contributed by atoms with Gasteiger partial charge in [0, 0.05) is 32.6 Å². The highest BCUT2D eigenvalue weighted by Crippen LogP contribution is 2.28. The largest absolute Gasteiger partial charge is 0.497 e. The molecular weight excluding hydrogens is 475 g/mol. The van der Waals surface area contributed by atoms with Gasteiger partial charge in [0.25, 0.3) is 0 Å². The maximum absolute atomic E-state index is 5.28. The van der Waals surface area contributed by atoms with Crippen molar-refractivity contribution < 1.29 is 4.74 Å². The van der Waals surface area contributed by atoms with Gasteiger partial charge in [0.05, 0.1) is 13.2 Å². The average Bonchev–Trinajstić information content (AvgIpc) is 3.21. The number of halogens is 1. The molecule has 0 saturated carbocycles. The van der Waals surface area contributed by atoms with Crippen LogP contribution in [0.5, 0.6) is 5.75 Å². The predicted molar refractivity (Wildman–Crippen MR) is 132 cm³/mol. The van der Waals surface area contributed by atoms with E-state index in [-0.39, 0.29) is 24.0 Å². The highest BCUT2D eigenvalue weighted by molar-refractivity contribution is 14.0. The number of ether oxygens (including phenoxy) is 1. The number of nitrogens with one attached hydrogen (secondary N) is 1. The Hall–Kier alpha value is -1.80. The predicted octanol–water partition coefficient (Wildman–Crippen LogP) is 3.98. The zero-order chi connectivity index (χ0) is 19.9. The van der Waals surface area contributed by atoms with Gasteiger partial charge < -0.3 is 19.9 Å². The summed E-state index contributed by atoms with van der Waals surface area (Å²) in [6.07, 6.45) is 1.14. The first kappa shape index (κ1) is 23.5. The lowest BCUT2D eigenvalue weighted by molar-refractivity contribution is 0.295. The van der Waals surface area contributed by atoms with Gasteiger partial charge in [-0.15, -0.1) is 24.0 Å². The summed E-state index contributed by atoms with van der Waals surface area (Å²) < 4.78 is 5.28. The molecule has 2 aromatic rings. The molecule has 1 fully saturated rings. The third-order valence-corrected chi connectivity index (χ3v) is 5.55. The summed E-state index contributed by atoms with van der Waals surface area (Å²) in [5, 5.41) is 3.60. The van der Waals surface area contributed by atoms with Crippen LogP contribution in [0.25, 0.3) is 0 Å². The van der Waals surface area contributed by atoms with Crippen molar-refractivity contribution in [1.29, 1.82) is 0 Å². The molecule has 1 aliphatic heterocycles. The summed E-state index contributed by atoms with van der Waals surface area (Å²) in [6.45, 7) is 2.84. The van der Waals surface area contributed by atoms with Crippen molar-refractivity contribution in [2.45, 2.75) is 18.4 Å². The molecule has 0 aliphatic carbocycles. The summed E-state index contributed by atoms with van der Waals surface area (Å²) >= 11 is 0. The van der Waals surface area contributed by atoms with Crippen molar-refractivity contribution in [2.75, 3.05) is 47.9 Å². The minimum Gasteiger partial charge on any atom is -0.497 e. The third-order valence-electron chi connectivity index (χ3n) is 5.55. The van der Waals surface area contributed by atoms with Crippen LogP contribution in [0.2, 0.25) is 0 Å². The zero-order valence-electron chi connectivity index (χ0n) is 17.8. The van der Waals surface area contributed by atoms with Gasteiger partial charge in [0.1, 0.15) is 5.75 Å². The fourth-order valence-corrected chi connectivity index (χ4v) is 3.89. The molecule has 2 unspecified atom stereocenters. The summed E-state index contributed by atoms with van der Waals surface area (Å²) in [7, 11) is 7.82. The molecule has 6 heteroatoms. The molecule has 1 heterocycles. The van der Waals surface area contributed by atoms with Crippen molar-refractivity contribution in [3.8, 4) is 5.75 Å². The number of guanidine groups is 1. The Morgan fingerprint density at radius 3 is 2.45 bits per heavy atom. The molecular formula is C23H33IN4O. The quantitative estimate of drug-likeness (QED) is 0.364. The highest BCUT2D eigenvalue weighted by Gasteiger charge is 2.26. The van der Waals surface area contributed by atoms with Crippen LogP contribution in [0.4, 0.5) is 0 Å². The molecule has 5 nitrogen and oxygen atoms in total. The normalized spacial score (nSPS) is 17.8. The number of hydrogen-bond acceptors (Lipinski definition) is 3. The van der Waals surface area contributed by atoms with E-state index in [2.05, 4.69) is 76.7 Å². The van der Waals surface area contributed by atoms with Gasteiger partial charge in [-0.05, 0) is 43.8 Å². The molecule has 0 radical (unpaired) electrons. The monoisotopic (exact) mass is 508 g/mol. The van der Waals surface area contributed by atoms with E-state index in [4.69, 9.17) is 4.74 Å². The number of hydrogen-bond donors (Lipinski definition) is 1. The number of rotatable bonds is 6. The van der Waals surface area contributed by atoms with Gasteiger partial charge in [0.2, 0.25) is 0 Å². The molecule has 1 aliphatic rings. The van der Waals surface area contributed by atoms with Crippen LogP contribution in [0.1, 0.15) is 29.5 Å². The lowest BCUT2D eigenvalue weighted by atomic mass is 9.98. The molecule has 2 aromatic carbocycles. The fraction of sp³-hybridized carbons (Fsp3) is 0.435. The van der Waals surface area contributed by atoms with E-state index in [1.165, 1.54) is 11.1 Å². The van der Waals surface area contributed by atoms with Crippen LogP contribution >= 0.6 is 24.0 Å². The molecule has 0 bridgehead atoms. The fourth-order valence-electron chi connectivity index (χ4n) is 3.89. The zero-order valence-corrected chi connectivity index (χ0v) is 20.2. The van der Waals surface area contributed by atoms with Crippen LogP contribution < -0.4 is 10.1 Å². The van der Waals surface area contributed by atoms with E-state index in [1.807, 2.05) is 19.2 Å². The second-order valence-corrected chi connectivity index (χ2v) is 7.52. The van der Waals surface area contributed by atoms with Gasteiger partial charge in [-0.2, -0.15) is 0 Å². The van der Waals surface area contributed by atoms with Crippen LogP contribution in [0.3, 0.4) is 0 Å². The summed E-state index contributed by atoms with van der Waals surface area (Å²) in [4.78, 5) is 9.16. The summed E-state index contributed by atoms with van der Waals surface area (Å²) in [5.74, 6) is 2.42. The van der Waals surface area contributed by atoms with Crippen molar-refractivity contribution in [3.63, 3.8) is 0 Å². The van der Waals surface area contributed by atoms with Crippen LogP contribution in [-0.2, 0) is 0 Å². The Balaban J connectivity index is 0.00000300. The number of benzene rings is 2. The van der Waals surface area contributed by atoms with Gasteiger partial charge in [-0.25, -0.2) is 0 Å². The Morgan fingerprint density at radius 1 is 1.17 bits per heavy atom. The summed E-state index contributed by atoms with van der Waals surface area (Å²) in [5.41, 5.74) is 2.68. The molecule has 0 aromatic heterocycles. The molecule has 158 valence electrons. The Labute approximate surface area is 192 Å². The van der Waals surface area contributed by atoms with Gasteiger partial charge in [-0.1, -0.05) is 42.5 Å². The van der Waals surface area contributed by atoms with E-state index >= 15 is 0 Å². The van der Waals surface area contributed by atoms with Crippen molar-refractivity contribution in [3.05, 3.63) is 65.7 Å². The van der Waals surface area contributed by atoms with Crippen molar-refractivity contribution in [1.82, 2.24) is 15.1 Å². The standard InChI is InChI=1S/C23H32N4O.HI/c1-24-23(25-16-22(26(2)3)19-8-6-5-7-9-19)27-15-14-20(17-27)18-10-12-21(28-4)13-11-18;/h5-13,20,22H,14-17H2,1-4H3,(H,24,25);1H. The van der Waals surface area contributed by atoms with Gasteiger partial charge in [-0.3, -0.25) is 4.99 Å². The Kier molecular flexibility index (Phi) is 9.23. The molecule has 3 rings (SSSR count). The number of nitrogens with zero attached hydrogens (tertiary/aromatic N) is 3. The second-order valence-electron chi connectivity index (χ2n) is 7.52. The first-order chi connectivity index (χ1) is 13.6. The maximum atomic E-state index is 5.28. The number of methoxy groups -OCH3 is 1. The number of likely N-dealkylation sites (tertiary alicyclic amines) is 1. The SMILES string of the molecule is CN=C(NCC(c1ccccc1)N(C)C)N1CCC(c2ccc(OC)cc2)C1.I. The minimum atomic E-state index is 0. The van der Waals surface area contributed by atoms with E-state index in [9.17, 15) is 0 Å². The Bertz CT molecular complexity index is 764. The molecule has 2 atom stereocenters. The lowest BCUT2D eigenvalue weighted by Gasteiger charge is -2.28. The van der Waals surface area contributed by atoms with Crippen LogP contribution in [0, 0.1) is 0 Å². The minimum absolute atomic E-state index is 0. The van der Waals surface area contributed by atoms with E-state index in [1.54, 1.807) is 7.11 Å². The van der Waals surface area contributed by atoms with Crippen molar-refractivity contribution in [2.24, 2.45) is 4.99 Å². The number of aliphatic imine (C=N–C) groups is 1. The first-order valence-electron chi connectivity index (χ1n) is 9.93. The lowest BCUT2D eigenvalue weighted by Crippen LogP contribution is -2.43. The number of likely N-dealkylation sites (N-methyl/N-ethyl adjacent to an activating group) is 1. The van der Waals surface area contributed by atoms with Crippen molar-refractivity contribution >= 4 is 29.9 Å². The van der Waals surface area contributed by atoms with E-state index < -0.39 is 0 Å². The summed E-state index contributed by atoms with van der Waals surface area (Å²) in [6, 6.07) is 19.4.